The molecular formula is C23H28N4O4S. The van der Waals surface area contributed by atoms with Gasteiger partial charge in [0.05, 0.1) is 12.3 Å². The summed E-state index contributed by atoms with van der Waals surface area (Å²) in [4.78, 5) is 46.5. The first-order valence-corrected chi connectivity index (χ1v) is 12.0. The van der Waals surface area contributed by atoms with Crippen LogP contribution in [0.5, 0.6) is 0 Å². The summed E-state index contributed by atoms with van der Waals surface area (Å²) in [5.74, 6) is -0.757. The van der Waals surface area contributed by atoms with E-state index in [0.717, 1.165) is 42.8 Å². The maximum absolute atomic E-state index is 12.9. The fourth-order valence-corrected chi connectivity index (χ4v) is 5.03. The summed E-state index contributed by atoms with van der Waals surface area (Å²) in [5.41, 5.74) is 1.30. The van der Waals surface area contributed by atoms with Crippen LogP contribution < -0.4 is 5.32 Å². The molecule has 170 valence electrons. The van der Waals surface area contributed by atoms with Gasteiger partial charge >= 0.3 is 12.0 Å². The third-order valence-electron chi connectivity index (χ3n) is 5.88. The summed E-state index contributed by atoms with van der Waals surface area (Å²) < 4.78 is 5.18. The van der Waals surface area contributed by atoms with E-state index in [9.17, 15) is 14.4 Å². The van der Waals surface area contributed by atoms with E-state index in [1.165, 1.54) is 0 Å². The van der Waals surface area contributed by atoms with Gasteiger partial charge in [0, 0.05) is 37.7 Å². The maximum atomic E-state index is 12.9. The van der Waals surface area contributed by atoms with Crippen LogP contribution in [0.2, 0.25) is 0 Å². The molecule has 0 radical (unpaired) electrons. The highest BCUT2D eigenvalue weighted by molar-refractivity contribution is 7.18. The number of nitrogens with one attached hydrogen (secondary N) is 1. The van der Waals surface area contributed by atoms with Crippen LogP contribution in [-0.2, 0) is 9.53 Å². The summed E-state index contributed by atoms with van der Waals surface area (Å²) in [6.45, 7) is 4.83. The number of urea groups is 1. The lowest BCUT2D eigenvalue weighted by Crippen LogP contribution is -2.47. The van der Waals surface area contributed by atoms with Crippen LogP contribution in [0.3, 0.4) is 0 Å². The zero-order chi connectivity index (χ0) is 22.5. The average molecular weight is 457 g/mol. The molecule has 2 fully saturated rings. The molecule has 4 rings (SSSR count). The predicted octanol–water partition coefficient (Wildman–Crippen LogP) is 3.85. The molecular weight excluding hydrogens is 428 g/mol. The Bertz CT molecular complexity index is 964. The highest BCUT2D eigenvalue weighted by Crippen LogP contribution is 2.32. The van der Waals surface area contributed by atoms with Gasteiger partial charge in [-0.15, -0.1) is 0 Å². The summed E-state index contributed by atoms with van der Waals surface area (Å²) in [5, 5.41) is 3.27. The molecule has 1 aromatic carbocycles. The number of thiazole rings is 1. The third-order valence-corrected chi connectivity index (χ3v) is 6.83. The van der Waals surface area contributed by atoms with E-state index in [-0.39, 0.29) is 24.5 Å². The molecule has 2 aromatic rings. The van der Waals surface area contributed by atoms with E-state index in [1.807, 2.05) is 40.1 Å². The van der Waals surface area contributed by atoms with Crippen molar-refractivity contribution in [1.29, 1.82) is 0 Å². The molecule has 0 saturated carbocycles. The molecule has 9 heteroatoms. The molecule has 0 bridgehead atoms. The van der Waals surface area contributed by atoms with Crippen molar-refractivity contribution in [1.82, 2.24) is 14.8 Å². The van der Waals surface area contributed by atoms with Crippen LogP contribution >= 0.6 is 11.3 Å². The second-order valence-corrected chi connectivity index (χ2v) is 9.01. The molecule has 0 aliphatic carbocycles. The predicted molar refractivity (Wildman–Crippen MR) is 123 cm³/mol. The van der Waals surface area contributed by atoms with Gasteiger partial charge in [0.1, 0.15) is 4.88 Å². The number of piperidine rings is 1. The number of nitrogens with zero attached hydrogens (tertiary/aromatic N) is 3. The zero-order valence-corrected chi connectivity index (χ0v) is 19.0. The standard InChI is InChI=1S/C23H28N4O4S/c1-2-31-21(29)19-18(16-8-4-3-5-9-16)24-22(32-19)25-20(28)17-10-14-27(15-11-17)23(30)26-12-6-7-13-26/h3-5,8-9,17H,2,6-7,10-15H2,1H3,(H,24,25,28). The summed E-state index contributed by atoms with van der Waals surface area (Å²) in [7, 11) is 0. The minimum Gasteiger partial charge on any atom is -0.462 e. The SMILES string of the molecule is CCOC(=O)c1sc(NC(=O)C2CCN(C(=O)N3CCCC3)CC2)nc1-c1ccccc1. The van der Waals surface area contributed by atoms with Crippen molar-refractivity contribution >= 4 is 34.4 Å². The first-order valence-electron chi connectivity index (χ1n) is 11.1. The van der Waals surface area contributed by atoms with Gasteiger partial charge in [0.2, 0.25) is 5.91 Å². The number of hydrogen-bond donors (Lipinski definition) is 1. The van der Waals surface area contributed by atoms with Gasteiger partial charge in [0.25, 0.3) is 0 Å². The van der Waals surface area contributed by atoms with Crippen molar-refractivity contribution < 1.29 is 19.1 Å². The minimum atomic E-state index is -0.446. The van der Waals surface area contributed by atoms with Crippen LogP contribution in [0.15, 0.2) is 30.3 Å². The molecule has 1 N–H and O–H groups in total. The van der Waals surface area contributed by atoms with Gasteiger partial charge < -0.3 is 19.9 Å². The average Bonchev–Trinajstić information content (AvgIpc) is 3.50. The van der Waals surface area contributed by atoms with Crippen LogP contribution in [0.25, 0.3) is 11.3 Å². The molecule has 32 heavy (non-hydrogen) atoms. The van der Waals surface area contributed by atoms with Gasteiger partial charge in [-0.2, -0.15) is 0 Å². The van der Waals surface area contributed by atoms with E-state index in [4.69, 9.17) is 4.74 Å². The Kier molecular flexibility index (Phi) is 7.04. The Morgan fingerprint density at radius 3 is 2.38 bits per heavy atom. The van der Waals surface area contributed by atoms with Gasteiger partial charge in [-0.25, -0.2) is 14.6 Å². The number of benzene rings is 1. The number of esters is 1. The molecule has 8 nitrogen and oxygen atoms in total. The lowest BCUT2D eigenvalue weighted by atomic mass is 9.96. The van der Waals surface area contributed by atoms with Crippen LogP contribution in [0.1, 0.15) is 42.3 Å². The van der Waals surface area contributed by atoms with Crippen LogP contribution in [0, 0.1) is 5.92 Å². The number of anilines is 1. The zero-order valence-electron chi connectivity index (χ0n) is 18.2. The van der Waals surface area contributed by atoms with Crippen molar-refractivity contribution in [3.05, 3.63) is 35.2 Å². The number of rotatable bonds is 5. The number of likely N-dealkylation sites (tertiary alicyclic amines) is 2. The smallest absolute Gasteiger partial charge is 0.350 e. The molecule has 0 unspecified atom stereocenters. The molecule has 2 aliphatic rings. The number of ether oxygens (including phenoxy) is 1. The number of hydrogen-bond acceptors (Lipinski definition) is 6. The quantitative estimate of drug-likeness (QED) is 0.690. The minimum absolute atomic E-state index is 0.0906. The summed E-state index contributed by atoms with van der Waals surface area (Å²) in [6, 6.07) is 9.47. The Morgan fingerprint density at radius 1 is 1.06 bits per heavy atom. The summed E-state index contributed by atoms with van der Waals surface area (Å²) >= 11 is 1.13. The monoisotopic (exact) mass is 456 g/mol. The van der Waals surface area contributed by atoms with Crippen molar-refractivity contribution in [3.8, 4) is 11.3 Å². The molecule has 2 saturated heterocycles. The molecule has 1 aromatic heterocycles. The Balaban J connectivity index is 1.41. The van der Waals surface area contributed by atoms with E-state index in [2.05, 4.69) is 10.3 Å². The fourth-order valence-electron chi connectivity index (χ4n) is 4.15. The van der Waals surface area contributed by atoms with Gasteiger partial charge in [0.15, 0.2) is 5.13 Å². The second kappa shape index (κ2) is 10.1. The molecule has 0 spiro atoms. The molecule has 3 amide bonds. The molecule has 2 aliphatic heterocycles. The molecule has 3 heterocycles. The maximum Gasteiger partial charge on any atom is 0.350 e. The lowest BCUT2D eigenvalue weighted by molar-refractivity contribution is -0.121. The fraction of sp³-hybridized carbons (Fsp3) is 0.478. The van der Waals surface area contributed by atoms with E-state index < -0.39 is 5.97 Å². The lowest BCUT2D eigenvalue weighted by Gasteiger charge is -2.33. The van der Waals surface area contributed by atoms with Gasteiger partial charge in [-0.05, 0) is 32.6 Å². The van der Waals surface area contributed by atoms with E-state index in [0.29, 0.717) is 41.6 Å². The van der Waals surface area contributed by atoms with Crippen molar-refractivity contribution in [3.63, 3.8) is 0 Å². The van der Waals surface area contributed by atoms with Gasteiger partial charge in [-0.1, -0.05) is 41.7 Å². The first-order chi connectivity index (χ1) is 15.6. The number of carbonyl (C=O) groups excluding carboxylic acids is 3. The van der Waals surface area contributed by atoms with Gasteiger partial charge in [-0.3, -0.25) is 4.79 Å². The Morgan fingerprint density at radius 2 is 1.72 bits per heavy atom. The Hall–Kier alpha value is -2.94. The summed E-state index contributed by atoms with van der Waals surface area (Å²) in [6.07, 6.45) is 3.37. The first kappa shape index (κ1) is 22.3. The number of amides is 3. The third kappa shape index (κ3) is 4.93. The number of carbonyl (C=O) groups is 3. The van der Waals surface area contributed by atoms with Crippen molar-refractivity contribution in [2.24, 2.45) is 5.92 Å². The van der Waals surface area contributed by atoms with E-state index >= 15 is 0 Å². The number of aromatic nitrogens is 1. The highest BCUT2D eigenvalue weighted by Gasteiger charge is 2.31. The van der Waals surface area contributed by atoms with Crippen LogP contribution in [0.4, 0.5) is 9.93 Å². The molecule has 0 atom stereocenters. The van der Waals surface area contributed by atoms with Crippen molar-refractivity contribution in [2.75, 3.05) is 38.1 Å². The topological polar surface area (TPSA) is 91.8 Å². The van der Waals surface area contributed by atoms with E-state index in [1.54, 1.807) is 6.92 Å². The highest BCUT2D eigenvalue weighted by atomic mass is 32.1. The van der Waals surface area contributed by atoms with Crippen LogP contribution in [-0.4, -0.2) is 65.5 Å². The Labute approximate surface area is 191 Å². The second-order valence-electron chi connectivity index (χ2n) is 8.01. The largest absolute Gasteiger partial charge is 0.462 e. The normalized spacial score (nSPS) is 16.8. The van der Waals surface area contributed by atoms with Crippen molar-refractivity contribution in [2.45, 2.75) is 32.6 Å².